The van der Waals surface area contributed by atoms with Crippen molar-refractivity contribution >= 4 is 0 Å². The SMILES string of the molecule is CC(C)[N+]12CC[N+](C(C)(C)C)(CC1)CC2.[Y]. The van der Waals surface area contributed by atoms with E-state index in [1.165, 1.54) is 48.2 Å². The average Bonchev–Trinajstić information content (AvgIpc) is 2.19. The number of fused-ring (bicyclic) bond motifs is 3. The second kappa shape index (κ2) is 4.61. The van der Waals surface area contributed by atoms with Crippen molar-refractivity contribution in [2.45, 2.75) is 46.2 Å². The standard InChI is InChI=1S/C13H28N2.Y/c1-12(2)14-6-9-15(10-7-14,11-8-14)13(3,4)5;/h12H,6-11H2,1-5H3;/q+2;. The number of rotatable bonds is 1. The Morgan fingerprint density at radius 3 is 1.44 bits per heavy atom. The molecule has 91 valence electrons. The predicted molar refractivity (Wildman–Crippen MR) is 64.6 cm³/mol. The van der Waals surface area contributed by atoms with E-state index in [1.807, 2.05) is 0 Å². The van der Waals surface area contributed by atoms with Crippen LogP contribution in [-0.2, 0) is 32.7 Å². The molecule has 0 amide bonds. The average molecular weight is 301 g/mol. The largest absolute Gasteiger partial charge is 0.308 e. The maximum Gasteiger partial charge on any atom is 0.129 e. The van der Waals surface area contributed by atoms with E-state index in [0.29, 0.717) is 5.54 Å². The third-order valence-corrected chi connectivity index (χ3v) is 5.44. The van der Waals surface area contributed by atoms with Crippen molar-refractivity contribution in [2.75, 3.05) is 39.3 Å². The molecule has 0 saturated carbocycles. The second-order valence-electron chi connectivity index (χ2n) is 6.97. The summed E-state index contributed by atoms with van der Waals surface area (Å²) in [7, 11) is 0. The molecule has 1 radical (unpaired) electrons. The molecule has 0 aromatic carbocycles. The number of hydrogen-bond acceptors (Lipinski definition) is 0. The third-order valence-electron chi connectivity index (χ3n) is 5.44. The van der Waals surface area contributed by atoms with Crippen LogP contribution in [0.5, 0.6) is 0 Å². The molecule has 0 aromatic rings. The smallest absolute Gasteiger partial charge is 0.129 e. The van der Waals surface area contributed by atoms with E-state index in [4.69, 9.17) is 0 Å². The zero-order valence-electron chi connectivity index (χ0n) is 11.8. The summed E-state index contributed by atoms with van der Waals surface area (Å²) in [5.74, 6) is 0. The first-order chi connectivity index (χ1) is 6.81. The zero-order chi connectivity index (χ0) is 11.3. The number of quaternary nitrogens is 2. The van der Waals surface area contributed by atoms with Crippen molar-refractivity contribution in [1.29, 1.82) is 0 Å². The van der Waals surface area contributed by atoms with Crippen molar-refractivity contribution in [3.63, 3.8) is 0 Å². The molecular weight excluding hydrogens is 273 g/mol. The van der Waals surface area contributed by atoms with Crippen LogP contribution in [0.25, 0.3) is 0 Å². The van der Waals surface area contributed by atoms with Crippen LogP contribution in [0.2, 0.25) is 0 Å². The maximum absolute atomic E-state index is 2.42. The number of hydrogen-bond donors (Lipinski definition) is 0. The van der Waals surface area contributed by atoms with Crippen LogP contribution >= 0.6 is 0 Å². The molecule has 3 heteroatoms. The molecule has 2 nitrogen and oxygen atoms in total. The normalized spacial score (nSPS) is 38.6. The van der Waals surface area contributed by atoms with Gasteiger partial charge in [0.25, 0.3) is 0 Å². The molecule has 3 saturated heterocycles. The molecule has 0 aromatic heterocycles. The molecule has 2 bridgehead atoms. The van der Waals surface area contributed by atoms with Crippen LogP contribution in [0.3, 0.4) is 0 Å². The van der Waals surface area contributed by atoms with E-state index in [0.717, 1.165) is 6.04 Å². The molecule has 0 atom stereocenters. The van der Waals surface area contributed by atoms with E-state index in [9.17, 15) is 0 Å². The van der Waals surface area contributed by atoms with Gasteiger partial charge >= 0.3 is 0 Å². The van der Waals surface area contributed by atoms with Gasteiger partial charge in [0.05, 0.1) is 11.6 Å². The third kappa shape index (κ3) is 2.16. The van der Waals surface area contributed by atoms with Gasteiger partial charge in [-0.3, -0.25) is 0 Å². The molecule has 0 aliphatic carbocycles. The summed E-state index contributed by atoms with van der Waals surface area (Å²) in [6.07, 6.45) is 0. The maximum atomic E-state index is 2.42. The van der Waals surface area contributed by atoms with Crippen molar-refractivity contribution in [1.82, 2.24) is 0 Å². The van der Waals surface area contributed by atoms with Gasteiger partial charge in [-0.2, -0.15) is 0 Å². The number of nitrogens with zero attached hydrogens (tertiary/aromatic N) is 2. The molecule has 3 rings (SSSR count). The minimum atomic E-state index is 0. The summed E-state index contributed by atoms with van der Waals surface area (Å²) in [6, 6.07) is 0.826. The van der Waals surface area contributed by atoms with Crippen LogP contribution in [-0.4, -0.2) is 59.8 Å². The Morgan fingerprint density at radius 2 is 1.19 bits per heavy atom. The first-order valence-corrected chi connectivity index (χ1v) is 6.53. The Labute approximate surface area is 126 Å². The fourth-order valence-electron chi connectivity index (χ4n) is 3.62. The number of piperazine rings is 3. The van der Waals surface area contributed by atoms with E-state index >= 15 is 0 Å². The predicted octanol–water partition coefficient (Wildman–Crippen LogP) is 1.85. The molecule has 3 fully saturated rings. The molecule has 16 heavy (non-hydrogen) atoms. The van der Waals surface area contributed by atoms with Crippen molar-refractivity contribution in [2.24, 2.45) is 0 Å². The van der Waals surface area contributed by atoms with Gasteiger partial charge in [0, 0.05) is 32.7 Å². The van der Waals surface area contributed by atoms with Gasteiger partial charge in [-0.25, -0.2) is 0 Å². The summed E-state index contributed by atoms with van der Waals surface area (Å²) in [6.45, 7) is 20.5. The molecule has 0 N–H and O–H groups in total. The van der Waals surface area contributed by atoms with Gasteiger partial charge in [-0.1, -0.05) is 0 Å². The van der Waals surface area contributed by atoms with Crippen molar-refractivity contribution in [3.8, 4) is 0 Å². The van der Waals surface area contributed by atoms with Crippen LogP contribution in [0.4, 0.5) is 0 Å². The first kappa shape index (κ1) is 15.1. The quantitative estimate of drug-likeness (QED) is 0.649. The molecular formula is C13H28N2Y+2. The van der Waals surface area contributed by atoms with Crippen molar-refractivity contribution in [3.05, 3.63) is 0 Å². The van der Waals surface area contributed by atoms with Crippen molar-refractivity contribution < 1.29 is 41.7 Å². The van der Waals surface area contributed by atoms with Gasteiger partial charge in [-0.05, 0) is 34.6 Å². The summed E-state index contributed by atoms with van der Waals surface area (Å²) in [5.41, 5.74) is 0.452. The second-order valence-corrected chi connectivity index (χ2v) is 6.97. The van der Waals surface area contributed by atoms with Crippen LogP contribution in [0.1, 0.15) is 34.6 Å². The van der Waals surface area contributed by atoms with Gasteiger partial charge < -0.3 is 8.97 Å². The Bertz CT molecular complexity index is 231. The Balaban J connectivity index is 0.00000128. The van der Waals surface area contributed by atoms with E-state index in [2.05, 4.69) is 34.6 Å². The Hall–Kier alpha value is 1.02. The van der Waals surface area contributed by atoms with E-state index < -0.39 is 0 Å². The summed E-state index contributed by atoms with van der Waals surface area (Å²) < 4.78 is 2.77. The van der Waals surface area contributed by atoms with Gasteiger partial charge in [-0.15, -0.1) is 0 Å². The van der Waals surface area contributed by atoms with E-state index in [-0.39, 0.29) is 32.7 Å². The summed E-state index contributed by atoms with van der Waals surface area (Å²) in [4.78, 5) is 0. The van der Waals surface area contributed by atoms with Gasteiger partial charge in [0.15, 0.2) is 0 Å². The van der Waals surface area contributed by atoms with Crippen LogP contribution < -0.4 is 0 Å². The monoisotopic (exact) mass is 301 g/mol. The minimum Gasteiger partial charge on any atom is -0.308 e. The topological polar surface area (TPSA) is 0 Å². The van der Waals surface area contributed by atoms with Gasteiger partial charge in [0.1, 0.15) is 39.3 Å². The molecule has 0 unspecified atom stereocenters. The van der Waals surface area contributed by atoms with Gasteiger partial charge in [0.2, 0.25) is 0 Å². The Kier molecular flexibility index (Phi) is 4.34. The summed E-state index contributed by atoms with van der Waals surface area (Å²) >= 11 is 0. The summed E-state index contributed by atoms with van der Waals surface area (Å²) in [5, 5.41) is 0. The molecule has 3 aliphatic heterocycles. The van der Waals surface area contributed by atoms with E-state index in [1.54, 1.807) is 0 Å². The Morgan fingerprint density at radius 1 is 0.812 bits per heavy atom. The fraction of sp³-hybridized carbons (Fsp3) is 1.00. The molecule has 0 spiro atoms. The van der Waals surface area contributed by atoms with Crippen LogP contribution in [0, 0.1) is 0 Å². The first-order valence-electron chi connectivity index (χ1n) is 6.53. The fourth-order valence-corrected chi connectivity index (χ4v) is 3.62. The zero-order valence-corrected chi connectivity index (χ0v) is 14.6. The molecule has 3 aliphatic rings. The minimum absolute atomic E-state index is 0. The van der Waals surface area contributed by atoms with Crippen LogP contribution in [0.15, 0.2) is 0 Å². The molecule has 3 heterocycles.